The fourth-order valence-corrected chi connectivity index (χ4v) is 1.80. The van der Waals surface area contributed by atoms with Gasteiger partial charge in [-0.15, -0.1) is 11.4 Å². The Hall–Kier alpha value is -0.320. The highest BCUT2D eigenvalue weighted by Gasteiger charge is 2.20. The number of carbonyl (C=O) groups is 2. The van der Waals surface area contributed by atoms with E-state index in [1.165, 1.54) is 18.5 Å². The number of hydrogen-bond acceptors (Lipinski definition) is 5. The molecule has 0 aromatic carbocycles. The van der Waals surface area contributed by atoms with Crippen molar-refractivity contribution in [2.75, 3.05) is 26.5 Å². The lowest BCUT2D eigenvalue weighted by Gasteiger charge is -2.14. The van der Waals surface area contributed by atoms with Crippen LogP contribution in [0.15, 0.2) is 0 Å². The standard InChI is InChI=1S/C7H15N2O3PS/c1-8-3-6(10)9-5(4-14-13)7(11)12-2/h5,8H,3-4,13H2,1-2H3,(H,9,10)/t5-/m1/s1. The molecule has 0 aliphatic rings. The largest absolute Gasteiger partial charge is 0.467 e. The van der Waals surface area contributed by atoms with Gasteiger partial charge in [0, 0.05) is 5.75 Å². The van der Waals surface area contributed by atoms with Crippen molar-refractivity contribution in [3.8, 4) is 0 Å². The summed E-state index contributed by atoms with van der Waals surface area (Å²) in [5, 5.41) is 5.26. The molecule has 0 radical (unpaired) electrons. The number of hydrogen-bond donors (Lipinski definition) is 2. The van der Waals surface area contributed by atoms with E-state index in [9.17, 15) is 9.59 Å². The predicted octanol–water partition coefficient (Wildman–Crippen LogP) is -0.613. The van der Waals surface area contributed by atoms with Crippen LogP contribution in [-0.2, 0) is 14.3 Å². The molecule has 0 saturated carbocycles. The van der Waals surface area contributed by atoms with Crippen LogP contribution < -0.4 is 10.6 Å². The molecule has 0 bridgehead atoms. The molecule has 0 saturated heterocycles. The van der Waals surface area contributed by atoms with Gasteiger partial charge in [0.15, 0.2) is 0 Å². The minimum atomic E-state index is -0.580. The van der Waals surface area contributed by atoms with Crippen molar-refractivity contribution in [1.29, 1.82) is 0 Å². The zero-order valence-electron chi connectivity index (χ0n) is 8.20. The third-order valence-electron chi connectivity index (χ3n) is 1.42. The first kappa shape index (κ1) is 13.7. The summed E-state index contributed by atoms with van der Waals surface area (Å²) in [6.45, 7) is 0.190. The van der Waals surface area contributed by atoms with Gasteiger partial charge in [-0.25, -0.2) is 4.79 Å². The van der Waals surface area contributed by atoms with Gasteiger partial charge in [0.25, 0.3) is 0 Å². The van der Waals surface area contributed by atoms with Gasteiger partial charge in [-0.05, 0) is 7.05 Å². The predicted molar refractivity (Wildman–Crippen MR) is 60.0 cm³/mol. The summed E-state index contributed by atoms with van der Waals surface area (Å²) in [4.78, 5) is 22.3. The topological polar surface area (TPSA) is 67.4 Å². The maximum Gasteiger partial charge on any atom is 0.329 e. The van der Waals surface area contributed by atoms with Crippen LogP contribution in [0.25, 0.3) is 0 Å². The van der Waals surface area contributed by atoms with Gasteiger partial charge in [0.1, 0.15) is 6.04 Å². The molecule has 0 spiro atoms. The molecule has 0 aliphatic heterocycles. The summed E-state index contributed by atoms with van der Waals surface area (Å²) >= 11 is 1.39. The van der Waals surface area contributed by atoms with E-state index in [4.69, 9.17) is 0 Å². The molecule has 7 heteroatoms. The molecule has 0 aromatic heterocycles. The normalized spacial score (nSPS) is 11.9. The molecular formula is C7H15N2O3PS. The van der Waals surface area contributed by atoms with Crippen LogP contribution in [0.4, 0.5) is 0 Å². The van der Waals surface area contributed by atoms with Crippen molar-refractivity contribution in [1.82, 2.24) is 10.6 Å². The Labute approximate surface area is 89.7 Å². The first-order chi connectivity index (χ1) is 6.65. The zero-order chi connectivity index (χ0) is 11.0. The first-order valence-electron chi connectivity index (χ1n) is 3.99. The van der Waals surface area contributed by atoms with Crippen molar-refractivity contribution in [3.63, 3.8) is 0 Å². The molecule has 2 atom stereocenters. The van der Waals surface area contributed by atoms with E-state index >= 15 is 0 Å². The van der Waals surface area contributed by atoms with E-state index in [2.05, 4.69) is 23.8 Å². The second kappa shape index (κ2) is 8.03. The molecule has 0 heterocycles. The molecular weight excluding hydrogens is 223 g/mol. The van der Waals surface area contributed by atoms with Crippen LogP contribution in [0.5, 0.6) is 0 Å². The van der Waals surface area contributed by atoms with Gasteiger partial charge < -0.3 is 15.4 Å². The molecule has 0 aliphatic carbocycles. The quantitative estimate of drug-likeness (QED) is 0.477. The monoisotopic (exact) mass is 238 g/mol. The van der Waals surface area contributed by atoms with Gasteiger partial charge in [0.2, 0.25) is 5.91 Å². The average molecular weight is 238 g/mol. The Balaban J connectivity index is 4.08. The fraction of sp³-hybridized carbons (Fsp3) is 0.714. The number of amides is 1. The minimum absolute atomic E-state index is 0.190. The Kier molecular flexibility index (Phi) is 7.84. The number of rotatable bonds is 6. The highest BCUT2D eigenvalue weighted by molar-refractivity contribution is 8.43. The van der Waals surface area contributed by atoms with Gasteiger partial charge in [-0.1, -0.05) is 8.44 Å². The van der Waals surface area contributed by atoms with E-state index in [0.717, 1.165) is 0 Å². The lowest BCUT2D eigenvalue weighted by molar-refractivity contribution is -0.144. The van der Waals surface area contributed by atoms with Crippen LogP contribution in [0.1, 0.15) is 0 Å². The van der Waals surface area contributed by atoms with E-state index in [1.807, 2.05) is 0 Å². The molecule has 82 valence electrons. The third kappa shape index (κ3) is 5.42. The summed E-state index contributed by atoms with van der Waals surface area (Å²) in [6.07, 6.45) is 0. The Morgan fingerprint density at radius 3 is 2.64 bits per heavy atom. The van der Waals surface area contributed by atoms with Crippen LogP contribution in [-0.4, -0.2) is 44.4 Å². The fourth-order valence-electron chi connectivity index (χ4n) is 0.813. The molecule has 1 amide bonds. The number of carbonyl (C=O) groups excluding carboxylic acids is 2. The van der Waals surface area contributed by atoms with Crippen molar-refractivity contribution >= 4 is 31.7 Å². The van der Waals surface area contributed by atoms with E-state index in [1.54, 1.807) is 7.05 Å². The van der Waals surface area contributed by atoms with Crippen LogP contribution in [0.2, 0.25) is 0 Å². The van der Waals surface area contributed by atoms with E-state index in [0.29, 0.717) is 5.75 Å². The molecule has 14 heavy (non-hydrogen) atoms. The van der Waals surface area contributed by atoms with Crippen molar-refractivity contribution < 1.29 is 14.3 Å². The van der Waals surface area contributed by atoms with Gasteiger partial charge in [-0.3, -0.25) is 4.79 Å². The number of nitrogens with one attached hydrogen (secondary N) is 2. The number of likely N-dealkylation sites (N-methyl/N-ethyl adjacent to an activating group) is 1. The number of methoxy groups -OCH3 is 1. The third-order valence-corrected chi connectivity index (χ3v) is 2.52. The van der Waals surface area contributed by atoms with Gasteiger partial charge in [0.05, 0.1) is 13.7 Å². The van der Waals surface area contributed by atoms with Crippen molar-refractivity contribution in [3.05, 3.63) is 0 Å². The minimum Gasteiger partial charge on any atom is -0.467 e. The SMILES string of the molecule is CNCC(=O)N[C@H](CSP)C(=O)OC. The van der Waals surface area contributed by atoms with Crippen LogP contribution >= 0.6 is 19.8 Å². The van der Waals surface area contributed by atoms with Crippen LogP contribution in [0.3, 0.4) is 0 Å². The van der Waals surface area contributed by atoms with E-state index in [-0.39, 0.29) is 12.5 Å². The second-order valence-corrected chi connectivity index (χ2v) is 4.17. The van der Waals surface area contributed by atoms with Crippen molar-refractivity contribution in [2.45, 2.75) is 6.04 Å². The average Bonchev–Trinajstić information content (AvgIpc) is 2.16. The lowest BCUT2D eigenvalue weighted by Crippen LogP contribution is -2.45. The summed E-state index contributed by atoms with van der Waals surface area (Å²) in [7, 11) is 5.38. The van der Waals surface area contributed by atoms with Gasteiger partial charge >= 0.3 is 5.97 Å². The smallest absolute Gasteiger partial charge is 0.329 e. The molecule has 1 unspecified atom stereocenters. The van der Waals surface area contributed by atoms with Crippen LogP contribution in [0, 0.1) is 0 Å². The summed E-state index contributed by atoms with van der Waals surface area (Å²) < 4.78 is 4.55. The molecule has 0 fully saturated rings. The number of ether oxygens (including phenoxy) is 1. The van der Waals surface area contributed by atoms with E-state index < -0.39 is 12.0 Å². The zero-order valence-corrected chi connectivity index (χ0v) is 10.2. The lowest BCUT2D eigenvalue weighted by atomic mass is 10.3. The highest BCUT2D eigenvalue weighted by atomic mass is 32.7. The summed E-state index contributed by atoms with van der Waals surface area (Å²) in [6, 6.07) is -0.580. The Bertz CT molecular complexity index is 203. The maximum absolute atomic E-state index is 11.2. The summed E-state index contributed by atoms with van der Waals surface area (Å²) in [5.74, 6) is -0.168. The molecule has 2 N–H and O–H groups in total. The number of esters is 1. The Morgan fingerprint density at radius 1 is 1.57 bits per heavy atom. The Morgan fingerprint density at radius 2 is 2.21 bits per heavy atom. The van der Waals surface area contributed by atoms with Gasteiger partial charge in [-0.2, -0.15) is 0 Å². The molecule has 0 aromatic rings. The molecule has 5 nitrogen and oxygen atoms in total. The van der Waals surface area contributed by atoms with Crippen molar-refractivity contribution in [2.24, 2.45) is 0 Å². The first-order valence-corrected chi connectivity index (χ1v) is 6.45. The maximum atomic E-state index is 11.2. The second-order valence-electron chi connectivity index (χ2n) is 2.51. The summed E-state index contributed by atoms with van der Waals surface area (Å²) in [5.41, 5.74) is 0. The highest BCUT2D eigenvalue weighted by Crippen LogP contribution is 2.12. The molecule has 0 rings (SSSR count).